The maximum atomic E-state index is 11.6. The Bertz CT molecular complexity index is 741. The molecule has 1 aliphatic heterocycles. The van der Waals surface area contributed by atoms with Crippen molar-refractivity contribution in [2.24, 2.45) is 13.0 Å². The van der Waals surface area contributed by atoms with E-state index in [4.69, 9.17) is 17.0 Å². The van der Waals surface area contributed by atoms with Crippen molar-refractivity contribution in [3.8, 4) is 0 Å². The van der Waals surface area contributed by atoms with Crippen LogP contribution in [-0.2, 0) is 23.2 Å². The number of fused-ring (bicyclic) bond motifs is 1. The highest BCUT2D eigenvalue weighted by Crippen LogP contribution is 2.16. The molecule has 0 atom stereocenters. The minimum atomic E-state index is -0.0687. The van der Waals surface area contributed by atoms with Gasteiger partial charge < -0.3 is 14.2 Å². The van der Waals surface area contributed by atoms with Crippen LogP contribution in [0.25, 0.3) is 11.0 Å². The summed E-state index contributed by atoms with van der Waals surface area (Å²) >= 11 is 5.58. The van der Waals surface area contributed by atoms with E-state index in [1.165, 1.54) is 17.5 Å². The molecule has 5 nitrogen and oxygen atoms in total. The molecular formula is C16H22N3O2S+. The van der Waals surface area contributed by atoms with Crippen LogP contribution in [0.3, 0.4) is 0 Å². The predicted molar refractivity (Wildman–Crippen MR) is 87.2 cm³/mol. The summed E-state index contributed by atoms with van der Waals surface area (Å²) < 4.78 is 9.97. The minimum absolute atomic E-state index is 0.0641. The second kappa shape index (κ2) is 6.22. The molecule has 0 unspecified atom stereocenters. The van der Waals surface area contributed by atoms with Crippen molar-refractivity contribution in [3.63, 3.8) is 0 Å². The molecule has 0 bridgehead atoms. The van der Waals surface area contributed by atoms with E-state index in [0.29, 0.717) is 0 Å². The van der Waals surface area contributed by atoms with Crippen molar-refractivity contribution in [1.29, 1.82) is 0 Å². The third kappa shape index (κ3) is 2.68. The number of piperidine rings is 1. The van der Waals surface area contributed by atoms with E-state index in [0.717, 1.165) is 42.9 Å². The molecule has 0 saturated carbocycles. The number of nitrogens with zero attached hydrogens (tertiary/aromatic N) is 2. The maximum Gasteiger partial charge on any atom is 0.309 e. The van der Waals surface area contributed by atoms with Crippen LogP contribution in [0.4, 0.5) is 0 Å². The zero-order valence-electron chi connectivity index (χ0n) is 13.0. The van der Waals surface area contributed by atoms with Crippen molar-refractivity contribution in [1.82, 2.24) is 9.13 Å². The van der Waals surface area contributed by atoms with Crippen molar-refractivity contribution in [2.45, 2.75) is 19.5 Å². The average molecular weight is 320 g/mol. The number of carbonyl (C=O) groups excluding carboxylic acids is 1. The molecule has 0 amide bonds. The van der Waals surface area contributed by atoms with Gasteiger partial charge in [0.05, 0.1) is 37.2 Å². The molecule has 0 radical (unpaired) electrons. The third-order valence-electron chi connectivity index (χ3n) is 4.66. The molecule has 2 aromatic rings. The van der Waals surface area contributed by atoms with E-state index < -0.39 is 0 Å². The highest BCUT2D eigenvalue weighted by Gasteiger charge is 2.28. The highest BCUT2D eigenvalue weighted by atomic mass is 32.1. The fourth-order valence-electron chi connectivity index (χ4n) is 3.33. The zero-order valence-corrected chi connectivity index (χ0v) is 13.9. The summed E-state index contributed by atoms with van der Waals surface area (Å²) in [4.78, 5) is 13.1. The van der Waals surface area contributed by atoms with Crippen LogP contribution in [0.5, 0.6) is 0 Å². The van der Waals surface area contributed by atoms with Gasteiger partial charge in [-0.25, -0.2) is 0 Å². The molecule has 1 aliphatic rings. The standard InChI is InChI=1S/C16H21N3O2S/c1-17-13-5-3-4-6-14(13)19(16(17)22)11-18-9-7-12(8-10-18)15(20)21-2/h3-6,12H,7-11H2,1-2H3/p+1. The number of methoxy groups -OCH3 is 1. The first-order chi connectivity index (χ1) is 10.6. The minimum Gasteiger partial charge on any atom is -0.469 e. The number of aryl methyl sites for hydroxylation is 1. The normalized spacial score (nSPS) is 21.9. The molecule has 1 N–H and O–H groups in total. The van der Waals surface area contributed by atoms with Crippen LogP contribution >= 0.6 is 12.2 Å². The number of carbonyl (C=O) groups is 1. The Kier molecular flexibility index (Phi) is 4.31. The fraction of sp³-hybridized carbons (Fsp3) is 0.500. The van der Waals surface area contributed by atoms with Gasteiger partial charge in [0.2, 0.25) is 0 Å². The molecule has 1 saturated heterocycles. The summed E-state index contributed by atoms with van der Waals surface area (Å²) in [7, 11) is 3.48. The highest BCUT2D eigenvalue weighted by molar-refractivity contribution is 7.71. The Morgan fingerprint density at radius 3 is 2.59 bits per heavy atom. The predicted octanol–water partition coefficient (Wildman–Crippen LogP) is 1.13. The van der Waals surface area contributed by atoms with Crippen LogP contribution < -0.4 is 4.90 Å². The molecule has 0 aliphatic carbocycles. The van der Waals surface area contributed by atoms with Gasteiger partial charge in [-0.1, -0.05) is 12.1 Å². The summed E-state index contributed by atoms with van der Waals surface area (Å²) in [5.41, 5.74) is 2.34. The number of ether oxygens (including phenoxy) is 1. The van der Waals surface area contributed by atoms with Gasteiger partial charge in [-0.2, -0.15) is 0 Å². The Hall–Kier alpha value is -1.66. The summed E-state index contributed by atoms with van der Waals surface area (Å²) in [5, 5.41) is 0. The van der Waals surface area contributed by atoms with E-state index >= 15 is 0 Å². The monoisotopic (exact) mass is 320 g/mol. The van der Waals surface area contributed by atoms with Crippen molar-refractivity contribution < 1.29 is 14.4 Å². The molecule has 22 heavy (non-hydrogen) atoms. The van der Waals surface area contributed by atoms with Crippen molar-refractivity contribution in [3.05, 3.63) is 29.0 Å². The SMILES string of the molecule is COC(=O)C1CC[NH+](Cn2c(=S)n(C)c3ccccc32)CC1. The van der Waals surface area contributed by atoms with Gasteiger partial charge in [-0.05, 0) is 24.4 Å². The first-order valence-electron chi connectivity index (χ1n) is 7.67. The fourth-order valence-corrected chi connectivity index (χ4v) is 3.59. The summed E-state index contributed by atoms with van der Waals surface area (Å²) in [6, 6.07) is 8.30. The van der Waals surface area contributed by atoms with Gasteiger partial charge in [0.15, 0.2) is 11.4 Å². The smallest absolute Gasteiger partial charge is 0.309 e. The number of nitrogens with one attached hydrogen (secondary N) is 1. The molecular weight excluding hydrogens is 298 g/mol. The summed E-state index contributed by atoms with van der Waals surface area (Å²) in [6.07, 6.45) is 1.78. The number of quaternary nitrogens is 1. The second-order valence-corrected chi connectivity index (χ2v) is 6.33. The van der Waals surface area contributed by atoms with Crippen LogP contribution in [-0.4, -0.2) is 35.3 Å². The molecule has 1 fully saturated rings. The molecule has 0 spiro atoms. The number of imidazole rings is 1. The van der Waals surface area contributed by atoms with E-state index in [9.17, 15) is 4.79 Å². The zero-order chi connectivity index (χ0) is 15.7. The van der Waals surface area contributed by atoms with E-state index in [1.54, 1.807) is 0 Å². The number of likely N-dealkylation sites (tertiary alicyclic amines) is 1. The first-order valence-corrected chi connectivity index (χ1v) is 8.08. The third-order valence-corrected chi connectivity index (χ3v) is 5.15. The van der Waals surface area contributed by atoms with Gasteiger partial charge >= 0.3 is 5.97 Å². The van der Waals surface area contributed by atoms with Gasteiger partial charge in [0, 0.05) is 19.9 Å². The number of benzene rings is 1. The van der Waals surface area contributed by atoms with E-state index in [2.05, 4.69) is 21.3 Å². The quantitative estimate of drug-likeness (QED) is 0.681. The van der Waals surface area contributed by atoms with E-state index in [-0.39, 0.29) is 11.9 Å². The van der Waals surface area contributed by atoms with Crippen LogP contribution in [0.1, 0.15) is 12.8 Å². The first kappa shape index (κ1) is 15.2. The lowest BCUT2D eigenvalue weighted by atomic mass is 9.97. The Morgan fingerprint density at radius 2 is 1.95 bits per heavy atom. The van der Waals surface area contributed by atoms with Crippen molar-refractivity contribution >= 4 is 29.2 Å². The number of hydrogen-bond acceptors (Lipinski definition) is 3. The lowest BCUT2D eigenvalue weighted by Gasteiger charge is -2.28. The lowest BCUT2D eigenvalue weighted by Crippen LogP contribution is -3.12. The van der Waals surface area contributed by atoms with Crippen molar-refractivity contribution in [2.75, 3.05) is 20.2 Å². The molecule has 2 heterocycles. The number of rotatable bonds is 3. The molecule has 6 heteroatoms. The van der Waals surface area contributed by atoms with Crippen LogP contribution in [0.2, 0.25) is 0 Å². The molecule has 1 aromatic carbocycles. The van der Waals surface area contributed by atoms with Crippen LogP contribution in [0, 0.1) is 10.7 Å². The largest absolute Gasteiger partial charge is 0.469 e. The van der Waals surface area contributed by atoms with E-state index in [1.807, 2.05) is 19.2 Å². The summed E-state index contributed by atoms with van der Waals surface area (Å²) in [6.45, 7) is 2.81. The Balaban J connectivity index is 1.77. The number of esters is 1. The molecule has 118 valence electrons. The van der Waals surface area contributed by atoms with Gasteiger partial charge in [0.25, 0.3) is 0 Å². The molecule has 3 rings (SSSR count). The summed E-state index contributed by atoms with van der Waals surface area (Å²) in [5.74, 6) is -0.00457. The molecule has 1 aromatic heterocycles. The second-order valence-electron chi connectivity index (χ2n) is 5.96. The number of para-hydroxylation sites is 2. The number of hydrogen-bond donors (Lipinski definition) is 1. The number of aromatic nitrogens is 2. The lowest BCUT2D eigenvalue weighted by molar-refractivity contribution is -0.928. The van der Waals surface area contributed by atoms with Gasteiger partial charge in [-0.3, -0.25) is 9.36 Å². The average Bonchev–Trinajstić information content (AvgIpc) is 2.80. The van der Waals surface area contributed by atoms with Crippen LogP contribution in [0.15, 0.2) is 24.3 Å². The van der Waals surface area contributed by atoms with Gasteiger partial charge in [0.1, 0.15) is 0 Å². The Labute approximate surface area is 135 Å². The Morgan fingerprint density at radius 1 is 1.32 bits per heavy atom. The maximum absolute atomic E-state index is 11.6. The van der Waals surface area contributed by atoms with Gasteiger partial charge in [-0.15, -0.1) is 0 Å². The topological polar surface area (TPSA) is 40.6 Å².